The van der Waals surface area contributed by atoms with Crippen LogP contribution < -0.4 is 0 Å². The summed E-state index contributed by atoms with van der Waals surface area (Å²) in [5.74, 6) is 0.193. The molecule has 0 spiro atoms. The van der Waals surface area contributed by atoms with Crippen LogP contribution in [0.3, 0.4) is 0 Å². The van der Waals surface area contributed by atoms with Crippen molar-refractivity contribution in [3.63, 3.8) is 0 Å². The average molecular weight is 285 g/mol. The molecule has 0 bridgehead atoms. The molecular formula is C13H17BrO2. The molecule has 3 heteroatoms. The van der Waals surface area contributed by atoms with E-state index in [1.165, 1.54) is 0 Å². The molecule has 0 heterocycles. The smallest absolute Gasteiger partial charge is 0.140 e. The molecule has 1 aromatic rings. The zero-order valence-corrected chi connectivity index (χ0v) is 11.5. The summed E-state index contributed by atoms with van der Waals surface area (Å²) in [7, 11) is 1.63. The van der Waals surface area contributed by atoms with Gasteiger partial charge < -0.3 is 4.74 Å². The topological polar surface area (TPSA) is 26.3 Å². The first-order valence-electron chi connectivity index (χ1n) is 5.25. The molecule has 0 atom stereocenters. The van der Waals surface area contributed by atoms with Gasteiger partial charge in [0.25, 0.3) is 0 Å². The second-order valence-corrected chi connectivity index (χ2v) is 5.30. The van der Waals surface area contributed by atoms with Crippen LogP contribution in [0, 0.1) is 0 Å². The van der Waals surface area contributed by atoms with Crippen molar-refractivity contribution in [1.82, 2.24) is 0 Å². The molecule has 0 fully saturated rings. The molecule has 0 amide bonds. The number of methoxy groups -OCH3 is 1. The first-order valence-corrected chi connectivity index (χ1v) is 6.04. The van der Waals surface area contributed by atoms with Crippen molar-refractivity contribution in [3.8, 4) is 0 Å². The molecule has 0 N–H and O–H groups in total. The number of benzene rings is 1. The minimum Gasteiger partial charge on any atom is -0.378 e. The number of halogens is 1. The minimum absolute atomic E-state index is 0.193. The fraction of sp³-hybridized carbons (Fsp3) is 0.462. The van der Waals surface area contributed by atoms with Crippen LogP contribution in [-0.4, -0.2) is 18.5 Å². The van der Waals surface area contributed by atoms with Gasteiger partial charge in [0.2, 0.25) is 0 Å². The van der Waals surface area contributed by atoms with E-state index in [2.05, 4.69) is 15.9 Å². The van der Waals surface area contributed by atoms with Crippen molar-refractivity contribution in [2.24, 2.45) is 0 Å². The maximum absolute atomic E-state index is 11.8. The van der Waals surface area contributed by atoms with Crippen LogP contribution in [0.5, 0.6) is 0 Å². The lowest BCUT2D eigenvalue weighted by atomic mass is 9.97. The molecule has 0 aliphatic heterocycles. The first kappa shape index (κ1) is 13.4. The lowest BCUT2D eigenvalue weighted by molar-refractivity contribution is -0.123. The number of ether oxygens (including phenoxy) is 1. The van der Waals surface area contributed by atoms with Crippen molar-refractivity contribution in [1.29, 1.82) is 0 Å². The van der Waals surface area contributed by atoms with Gasteiger partial charge in [-0.15, -0.1) is 0 Å². The predicted molar refractivity (Wildman–Crippen MR) is 68.6 cm³/mol. The molecule has 0 saturated carbocycles. The summed E-state index contributed by atoms with van der Waals surface area (Å²) in [4.78, 5) is 11.8. The highest BCUT2D eigenvalue weighted by molar-refractivity contribution is 9.10. The predicted octanol–water partition coefficient (Wildman–Crippen LogP) is 3.38. The van der Waals surface area contributed by atoms with Gasteiger partial charge in [0.15, 0.2) is 0 Å². The highest BCUT2D eigenvalue weighted by Gasteiger charge is 2.21. The number of Topliss-reactive ketones (excluding diaryl/α,β-unsaturated/α-hetero) is 1. The Morgan fingerprint density at radius 2 is 2.00 bits per heavy atom. The third-order valence-corrected chi connectivity index (χ3v) is 3.29. The summed E-state index contributed by atoms with van der Waals surface area (Å²) in [5, 5.41) is 0. The van der Waals surface area contributed by atoms with E-state index in [0.717, 1.165) is 10.0 Å². The molecule has 88 valence electrons. The Kier molecular flexibility index (Phi) is 4.69. The van der Waals surface area contributed by atoms with Crippen LogP contribution in [0.15, 0.2) is 28.7 Å². The summed E-state index contributed by atoms with van der Waals surface area (Å²) in [5.41, 5.74) is 0.651. The van der Waals surface area contributed by atoms with Crippen LogP contribution in [-0.2, 0) is 16.0 Å². The van der Waals surface area contributed by atoms with Crippen LogP contribution >= 0.6 is 15.9 Å². The van der Waals surface area contributed by atoms with Crippen LogP contribution in [0.4, 0.5) is 0 Å². The third kappa shape index (κ3) is 4.06. The third-order valence-electron chi connectivity index (χ3n) is 2.52. The molecule has 0 aliphatic carbocycles. The second kappa shape index (κ2) is 5.60. The molecule has 0 aliphatic rings. The van der Waals surface area contributed by atoms with E-state index in [1.54, 1.807) is 7.11 Å². The van der Waals surface area contributed by atoms with Crippen molar-refractivity contribution < 1.29 is 9.53 Å². The minimum atomic E-state index is -0.377. The van der Waals surface area contributed by atoms with Gasteiger partial charge in [-0.1, -0.05) is 34.1 Å². The van der Waals surface area contributed by atoms with Crippen LogP contribution in [0.1, 0.15) is 25.8 Å². The number of hydrogen-bond donors (Lipinski definition) is 0. The Morgan fingerprint density at radius 3 is 2.56 bits per heavy atom. The van der Waals surface area contributed by atoms with Gasteiger partial charge in [0.1, 0.15) is 5.78 Å². The van der Waals surface area contributed by atoms with Gasteiger partial charge in [-0.3, -0.25) is 4.79 Å². The zero-order chi connectivity index (χ0) is 12.2. The van der Waals surface area contributed by atoms with E-state index >= 15 is 0 Å². The molecule has 16 heavy (non-hydrogen) atoms. The number of carbonyl (C=O) groups excluding carboxylic acids is 1. The molecule has 2 nitrogen and oxygen atoms in total. The molecule has 1 aromatic carbocycles. The lowest BCUT2D eigenvalue weighted by Gasteiger charge is -2.21. The highest BCUT2D eigenvalue weighted by atomic mass is 79.9. The summed E-state index contributed by atoms with van der Waals surface area (Å²) >= 11 is 3.44. The first-order chi connectivity index (χ1) is 7.44. The Balaban J connectivity index is 2.62. The van der Waals surface area contributed by atoms with Gasteiger partial charge in [-0.2, -0.15) is 0 Å². The maximum atomic E-state index is 11.8. The summed E-state index contributed by atoms with van der Waals surface area (Å²) in [6.07, 6.45) is 0.888. The van der Waals surface area contributed by atoms with E-state index < -0.39 is 0 Å². The average Bonchev–Trinajstić information content (AvgIpc) is 2.21. The normalized spacial score (nSPS) is 11.5. The number of carbonyl (C=O) groups is 1. The monoisotopic (exact) mass is 284 g/mol. The molecule has 0 unspecified atom stereocenters. The SMILES string of the molecule is COC(C)(C)CC(=O)Cc1ccccc1Br. The Hall–Kier alpha value is -0.670. The summed E-state index contributed by atoms with van der Waals surface area (Å²) < 4.78 is 6.23. The fourth-order valence-electron chi connectivity index (χ4n) is 1.46. The fourth-order valence-corrected chi connectivity index (χ4v) is 1.89. The molecule has 0 aromatic heterocycles. The van der Waals surface area contributed by atoms with Gasteiger partial charge in [0.05, 0.1) is 5.60 Å². The van der Waals surface area contributed by atoms with Crippen LogP contribution in [0.2, 0.25) is 0 Å². The van der Waals surface area contributed by atoms with E-state index in [4.69, 9.17) is 4.74 Å². The van der Waals surface area contributed by atoms with E-state index in [0.29, 0.717) is 12.8 Å². The Morgan fingerprint density at radius 1 is 1.38 bits per heavy atom. The summed E-state index contributed by atoms with van der Waals surface area (Å²) in [6.45, 7) is 3.84. The van der Waals surface area contributed by atoms with Crippen molar-refractivity contribution in [2.75, 3.05) is 7.11 Å². The van der Waals surface area contributed by atoms with Crippen molar-refractivity contribution >= 4 is 21.7 Å². The van der Waals surface area contributed by atoms with Crippen molar-refractivity contribution in [2.45, 2.75) is 32.3 Å². The van der Waals surface area contributed by atoms with E-state index in [9.17, 15) is 4.79 Å². The molecule has 0 saturated heterocycles. The lowest BCUT2D eigenvalue weighted by Crippen LogP contribution is -2.27. The Bertz CT molecular complexity index is 372. The summed E-state index contributed by atoms with van der Waals surface area (Å²) in [6, 6.07) is 7.79. The Labute approximate surface area is 105 Å². The van der Waals surface area contributed by atoms with Gasteiger partial charge >= 0.3 is 0 Å². The van der Waals surface area contributed by atoms with Crippen LogP contribution in [0.25, 0.3) is 0 Å². The van der Waals surface area contributed by atoms with Crippen molar-refractivity contribution in [3.05, 3.63) is 34.3 Å². The second-order valence-electron chi connectivity index (χ2n) is 4.45. The maximum Gasteiger partial charge on any atom is 0.140 e. The quantitative estimate of drug-likeness (QED) is 0.829. The number of rotatable bonds is 5. The molecular weight excluding hydrogens is 268 g/mol. The molecule has 0 radical (unpaired) electrons. The zero-order valence-electron chi connectivity index (χ0n) is 9.92. The molecule has 1 rings (SSSR count). The highest BCUT2D eigenvalue weighted by Crippen LogP contribution is 2.19. The van der Waals surface area contributed by atoms with E-state index in [-0.39, 0.29) is 11.4 Å². The number of hydrogen-bond acceptors (Lipinski definition) is 2. The van der Waals surface area contributed by atoms with Gasteiger partial charge in [-0.05, 0) is 25.5 Å². The largest absolute Gasteiger partial charge is 0.378 e. The van der Waals surface area contributed by atoms with Gasteiger partial charge in [0, 0.05) is 24.4 Å². The van der Waals surface area contributed by atoms with Gasteiger partial charge in [-0.25, -0.2) is 0 Å². The standard InChI is InChI=1S/C13H17BrO2/c1-13(2,16-3)9-11(15)8-10-6-4-5-7-12(10)14/h4-7H,8-9H2,1-3H3. The van der Waals surface area contributed by atoms with E-state index in [1.807, 2.05) is 38.1 Å². The number of ketones is 1.